The molecule has 8 nitrogen and oxygen atoms in total. The van der Waals surface area contributed by atoms with Crippen molar-refractivity contribution in [2.75, 3.05) is 0 Å². The first kappa shape index (κ1) is 15.7. The van der Waals surface area contributed by atoms with Crippen molar-refractivity contribution < 1.29 is 9.90 Å². The van der Waals surface area contributed by atoms with Crippen molar-refractivity contribution in [2.45, 2.75) is 39.5 Å². The van der Waals surface area contributed by atoms with E-state index in [-0.39, 0.29) is 17.2 Å². The summed E-state index contributed by atoms with van der Waals surface area (Å²) in [5.74, 6) is -0.833. The SMILES string of the molecule is CCCCC(=O)N/N=C(\CC)c1c(O)[nH]c(=O)[nH]c1=O. The molecule has 4 N–H and O–H groups in total. The van der Waals surface area contributed by atoms with E-state index in [4.69, 9.17) is 0 Å². The quantitative estimate of drug-likeness (QED) is 0.438. The Hall–Kier alpha value is -2.38. The number of carbonyl (C=O) groups excluding carboxylic acids is 1. The Bertz CT molecular complexity index is 615. The fourth-order valence-electron chi connectivity index (χ4n) is 1.58. The summed E-state index contributed by atoms with van der Waals surface area (Å²) >= 11 is 0. The maximum Gasteiger partial charge on any atom is 0.328 e. The molecule has 110 valence electrons. The first-order valence-electron chi connectivity index (χ1n) is 6.40. The molecule has 20 heavy (non-hydrogen) atoms. The highest BCUT2D eigenvalue weighted by Crippen LogP contribution is 2.08. The van der Waals surface area contributed by atoms with Gasteiger partial charge in [0.05, 0.1) is 5.71 Å². The van der Waals surface area contributed by atoms with Gasteiger partial charge in [0, 0.05) is 6.42 Å². The summed E-state index contributed by atoms with van der Waals surface area (Å²) in [5.41, 5.74) is 0.802. The highest BCUT2D eigenvalue weighted by molar-refractivity contribution is 6.02. The molecule has 0 fully saturated rings. The molecule has 1 rings (SSSR count). The summed E-state index contributed by atoms with van der Waals surface area (Å²) in [4.78, 5) is 38.1. The smallest absolute Gasteiger partial charge is 0.328 e. The molecule has 1 aromatic rings. The summed E-state index contributed by atoms with van der Waals surface area (Å²) in [6, 6.07) is 0. The van der Waals surface area contributed by atoms with Crippen molar-refractivity contribution in [3.63, 3.8) is 0 Å². The summed E-state index contributed by atoms with van der Waals surface area (Å²) in [5, 5.41) is 13.4. The third-order valence-corrected chi connectivity index (χ3v) is 2.62. The van der Waals surface area contributed by atoms with Gasteiger partial charge in [0.2, 0.25) is 11.8 Å². The highest BCUT2D eigenvalue weighted by atomic mass is 16.3. The van der Waals surface area contributed by atoms with Gasteiger partial charge in [0.15, 0.2) is 0 Å². The van der Waals surface area contributed by atoms with Gasteiger partial charge in [0.25, 0.3) is 5.56 Å². The first-order valence-corrected chi connectivity index (χ1v) is 6.40. The number of nitrogens with zero attached hydrogens (tertiary/aromatic N) is 1. The summed E-state index contributed by atoms with van der Waals surface area (Å²) in [6.07, 6.45) is 2.27. The second-order valence-electron chi connectivity index (χ2n) is 4.18. The third-order valence-electron chi connectivity index (χ3n) is 2.62. The van der Waals surface area contributed by atoms with Gasteiger partial charge in [0.1, 0.15) is 5.56 Å². The van der Waals surface area contributed by atoms with E-state index in [2.05, 4.69) is 15.5 Å². The van der Waals surface area contributed by atoms with Crippen molar-refractivity contribution in [1.29, 1.82) is 0 Å². The van der Waals surface area contributed by atoms with Gasteiger partial charge >= 0.3 is 5.69 Å². The molecule has 0 aromatic carbocycles. The molecular weight excluding hydrogens is 264 g/mol. The number of unbranched alkanes of at least 4 members (excludes halogenated alkanes) is 1. The Morgan fingerprint density at radius 1 is 1.30 bits per heavy atom. The summed E-state index contributed by atoms with van der Waals surface area (Å²) in [7, 11) is 0. The van der Waals surface area contributed by atoms with E-state index in [9.17, 15) is 19.5 Å². The van der Waals surface area contributed by atoms with Gasteiger partial charge in [-0.25, -0.2) is 10.2 Å². The average molecular weight is 282 g/mol. The minimum Gasteiger partial charge on any atom is -0.494 e. The Morgan fingerprint density at radius 2 is 2.00 bits per heavy atom. The van der Waals surface area contributed by atoms with E-state index in [0.29, 0.717) is 12.8 Å². The summed E-state index contributed by atoms with van der Waals surface area (Å²) in [6.45, 7) is 3.67. The zero-order valence-electron chi connectivity index (χ0n) is 11.4. The minimum absolute atomic E-state index is 0.150. The number of hydrazone groups is 1. The zero-order chi connectivity index (χ0) is 15.1. The van der Waals surface area contributed by atoms with E-state index < -0.39 is 17.1 Å². The minimum atomic E-state index is -0.807. The molecular formula is C12H18N4O4. The number of H-pyrrole nitrogens is 2. The molecule has 0 saturated heterocycles. The number of aromatic amines is 2. The molecule has 0 aliphatic carbocycles. The van der Waals surface area contributed by atoms with Gasteiger partial charge in [-0.05, 0) is 12.8 Å². The Kier molecular flexibility index (Phi) is 5.70. The molecule has 1 amide bonds. The number of amides is 1. The van der Waals surface area contributed by atoms with Crippen LogP contribution in [0.3, 0.4) is 0 Å². The Balaban J connectivity index is 3.00. The molecule has 1 heterocycles. The van der Waals surface area contributed by atoms with Crippen LogP contribution < -0.4 is 16.7 Å². The van der Waals surface area contributed by atoms with Gasteiger partial charge in [-0.3, -0.25) is 19.6 Å². The van der Waals surface area contributed by atoms with Gasteiger partial charge < -0.3 is 5.11 Å². The van der Waals surface area contributed by atoms with Crippen LogP contribution in [0.15, 0.2) is 14.7 Å². The van der Waals surface area contributed by atoms with E-state index in [1.807, 2.05) is 11.9 Å². The predicted octanol–water partition coefficient (Wildman–Crippen LogP) is 0.189. The maximum atomic E-state index is 11.6. The van der Waals surface area contributed by atoms with Crippen molar-refractivity contribution in [3.8, 4) is 5.88 Å². The van der Waals surface area contributed by atoms with Crippen LogP contribution in [0.2, 0.25) is 0 Å². The highest BCUT2D eigenvalue weighted by Gasteiger charge is 2.14. The van der Waals surface area contributed by atoms with Crippen LogP contribution in [-0.4, -0.2) is 26.7 Å². The predicted molar refractivity (Wildman–Crippen MR) is 73.8 cm³/mol. The summed E-state index contributed by atoms with van der Waals surface area (Å²) < 4.78 is 0. The lowest BCUT2D eigenvalue weighted by Gasteiger charge is -2.05. The molecule has 0 unspecified atom stereocenters. The normalized spacial score (nSPS) is 11.4. The van der Waals surface area contributed by atoms with E-state index in [1.165, 1.54) is 0 Å². The molecule has 0 bridgehead atoms. The van der Waals surface area contributed by atoms with Crippen LogP contribution in [0.1, 0.15) is 45.1 Å². The van der Waals surface area contributed by atoms with Crippen molar-refractivity contribution >= 4 is 11.6 Å². The number of rotatable bonds is 6. The molecule has 0 saturated carbocycles. The molecule has 0 aliphatic heterocycles. The molecule has 1 aromatic heterocycles. The molecule has 0 atom stereocenters. The number of hydrogen-bond acceptors (Lipinski definition) is 5. The van der Waals surface area contributed by atoms with Gasteiger partial charge in [-0.2, -0.15) is 5.10 Å². The topological polar surface area (TPSA) is 127 Å². The lowest BCUT2D eigenvalue weighted by molar-refractivity contribution is -0.121. The van der Waals surface area contributed by atoms with Crippen LogP contribution in [-0.2, 0) is 4.79 Å². The largest absolute Gasteiger partial charge is 0.494 e. The van der Waals surface area contributed by atoms with Crippen LogP contribution in [0.25, 0.3) is 0 Å². The van der Waals surface area contributed by atoms with Crippen LogP contribution in [0, 0.1) is 0 Å². The fourth-order valence-corrected chi connectivity index (χ4v) is 1.58. The van der Waals surface area contributed by atoms with E-state index in [1.54, 1.807) is 6.92 Å². The second kappa shape index (κ2) is 7.27. The van der Waals surface area contributed by atoms with Crippen LogP contribution in [0.4, 0.5) is 0 Å². The first-order chi connectivity index (χ1) is 9.49. The number of hydrogen-bond donors (Lipinski definition) is 4. The number of aromatic nitrogens is 2. The standard InChI is InChI=1S/C12H18N4O4/c1-3-5-6-8(17)16-15-7(4-2)9-10(18)13-12(20)14-11(9)19/h3-6H2,1-2H3,(H,16,17)(H3,13,14,18,19,20)/b15-7+. The van der Waals surface area contributed by atoms with E-state index >= 15 is 0 Å². The van der Waals surface area contributed by atoms with Gasteiger partial charge in [-0.15, -0.1) is 0 Å². The van der Waals surface area contributed by atoms with Crippen LogP contribution >= 0.6 is 0 Å². The molecule has 0 radical (unpaired) electrons. The van der Waals surface area contributed by atoms with E-state index in [0.717, 1.165) is 12.8 Å². The molecule has 8 heteroatoms. The number of carbonyl (C=O) groups is 1. The third kappa shape index (κ3) is 4.08. The lowest BCUT2D eigenvalue weighted by atomic mass is 10.1. The molecule has 0 spiro atoms. The van der Waals surface area contributed by atoms with Crippen molar-refractivity contribution in [2.24, 2.45) is 5.10 Å². The molecule has 0 aliphatic rings. The Morgan fingerprint density at radius 3 is 2.55 bits per heavy atom. The fraction of sp³-hybridized carbons (Fsp3) is 0.500. The average Bonchev–Trinajstić information content (AvgIpc) is 2.38. The second-order valence-corrected chi connectivity index (χ2v) is 4.18. The number of nitrogens with one attached hydrogen (secondary N) is 3. The van der Waals surface area contributed by atoms with Crippen LogP contribution in [0.5, 0.6) is 5.88 Å². The Labute approximate surface area is 114 Å². The van der Waals surface area contributed by atoms with Crippen molar-refractivity contribution in [1.82, 2.24) is 15.4 Å². The zero-order valence-corrected chi connectivity index (χ0v) is 11.4. The van der Waals surface area contributed by atoms with Crippen molar-refractivity contribution in [3.05, 3.63) is 26.4 Å². The monoisotopic (exact) mass is 282 g/mol. The number of aromatic hydroxyl groups is 1. The maximum absolute atomic E-state index is 11.6. The van der Waals surface area contributed by atoms with Gasteiger partial charge in [-0.1, -0.05) is 20.3 Å². The lowest BCUT2D eigenvalue weighted by Crippen LogP contribution is -2.29.